The average molecular weight is 329 g/mol. The van der Waals surface area contributed by atoms with Gasteiger partial charge in [0.1, 0.15) is 0 Å². The molecule has 0 bridgehead atoms. The third kappa shape index (κ3) is 4.05. The summed E-state index contributed by atoms with van der Waals surface area (Å²) >= 11 is 5.96. The first-order chi connectivity index (χ1) is 11.1. The van der Waals surface area contributed by atoms with Crippen molar-refractivity contribution in [2.45, 2.75) is 37.6 Å². The Bertz CT molecular complexity index is 667. The van der Waals surface area contributed by atoms with Crippen molar-refractivity contribution in [2.75, 3.05) is 5.73 Å². The van der Waals surface area contributed by atoms with E-state index in [9.17, 15) is 4.79 Å². The highest BCUT2D eigenvalue weighted by Gasteiger charge is 2.29. The summed E-state index contributed by atoms with van der Waals surface area (Å²) in [6.07, 6.45) is 3.67. The van der Waals surface area contributed by atoms with Crippen LogP contribution in [0.5, 0.6) is 0 Å². The Kier molecular flexibility index (Phi) is 4.87. The smallest absolute Gasteiger partial charge is 0.224 e. The number of rotatable bonds is 4. The van der Waals surface area contributed by atoms with Crippen molar-refractivity contribution in [3.8, 4) is 0 Å². The summed E-state index contributed by atoms with van der Waals surface area (Å²) in [5, 5.41) is 3.95. The van der Waals surface area contributed by atoms with Crippen molar-refractivity contribution in [1.29, 1.82) is 0 Å². The SMILES string of the molecule is Nc1ccc(CC(=O)N[C@H]2CCC[C@@H]2c2ccc(Cl)cc2)cc1. The Morgan fingerprint density at radius 1 is 1.09 bits per heavy atom. The third-order valence-corrected chi connectivity index (χ3v) is 4.76. The van der Waals surface area contributed by atoms with Crippen LogP contribution < -0.4 is 11.1 Å². The Balaban J connectivity index is 1.62. The molecular weight excluding hydrogens is 308 g/mol. The minimum Gasteiger partial charge on any atom is -0.399 e. The first-order valence-corrected chi connectivity index (χ1v) is 8.39. The van der Waals surface area contributed by atoms with Crippen LogP contribution in [0.25, 0.3) is 0 Å². The molecule has 2 atom stereocenters. The van der Waals surface area contributed by atoms with Gasteiger partial charge in [-0.25, -0.2) is 0 Å². The van der Waals surface area contributed by atoms with Gasteiger partial charge in [-0.3, -0.25) is 4.79 Å². The Labute approximate surface area is 141 Å². The summed E-state index contributed by atoms with van der Waals surface area (Å²) in [5.74, 6) is 0.447. The number of amides is 1. The monoisotopic (exact) mass is 328 g/mol. The molecule has 0 aromatic heterocycles. The first-order valence-electron chi connectivity index (χ1n) is 8.01. The number of hydrogen-bond acceptors (Lipinski definition) is 2. The van der Waals surface area contributed by atoms with Gasteiger partial charge in [-0.1, -0.05) is 42.3 Å². The van der Waals surface area contributed by atoms with Gasteiger partial charge in [0.15, 0.2) is 0 Å². The van der Waals surface area contributed by atoms with Crippen LogP contribution in [0.1, 0.15) is 36.3 Å². The molecule has 0 spiro atoms. The summed E-state index contributed by atoms with van der Waals surface area (Å²) in [4.78, 5) is 12.3. The van der Waals surface area contributed by atoms with Crippen molar-refractivity contribution in [3.63, 3.8) is 0 Å². The number of benzene rings is 2. The Morgan fingerprint density at radius 3 is 2.48 bits per heavy atom. The van der Waals surface area contributed by atoms with Gasteiger partial charge in [-0.2, -0.15) is 0 Å². The van der Waals surface area contributed by atoms with Crippen molar-refractivity contribution in [3.05, 3.63) is 64.7 Å². The van der Waals surface area contributed by atoms with Crippen molar-refractivity contribution < 1.29 is 4.79 Å². The van der Waals surface area contributed by atoms with Gasteiger partial charge >= 0.3 is 0 Å². The van der Waals surface area contributed by atoms with Crippen LogP contribution in [0.15, 0.2) is 48.5 Å². The minimum absolute atomic E-state index is 0.0700. The van der Waals surface area contributed by atoms with Crippen molar-refractivity contribution in [1.82, 2.24) is 5.32 Å². The lowest BCUT2D eigenvalue weighted by molar-refractivity contribution is -0.121. The van der Waals surface area contributed by atoms with E-state index in [4.69, 9.17) is 17.3 Å². The fraction of sp³-hybridized carbons (Fsp3) is 0.316. The molecule has 1 saturated carbocycles. The molecule has 2 aromatic carbocycles. The molecule has 2 aromatic rings. The molecule has 0 heterocycles. The van der Waals surface area contributed by atoms with E-state index in [1.807, 2.05) is 36.4 Å². The van der Waals surface area contributed by atoms with E-state index in [1.54, 1.807) is 0 Å². The van der Waals surface area contributed by atoms with Crippen LogP contribution in [0.3, 0.4) is 0 Å². The number of nitrogens with two attached hydrogens (primary N) is 1. The van der Waals surface area contributed by atoms with E-state index < -0.39 is 0 Å². The summed E-state index contributed by atoms with van der Waals surface area (Å²) in [5.41, 5.74) is 8.63. The maximum absolute atomic E-state index is 12.3. The number of carbonyl (C=O) groups is 1. The van der Waals surface area contributed by atoms with Crippen LogP contribution in [0.2, 0.25) is 5.02 Å². The van der Waals surface area contributed by atoms with Gasteiger partial charge in [-0.05, 0) is 48.2 Å². The number of carbonyl (C=O) groups excluding carboxylic acids is 1. The van der Waals surface area contributed by atoms with Gasteiger partial charge in [0, 0.05) is 22.7 Å². The fourth-order valence-electron chi connectivity index (χ4n) is 3.32. The normalized spacial score (nSPS) is 20.4. The molecule has 0 radical (unpaired) electrons. The Hall–Kier alpha value is -2.00. The highest BCUT2D eigenvalue weighted by Crippen LogP contribution is 2.35. The molecule has 0 saturated heterocycles. The summed E-state index contributed by atoms with van der Waals surface area (Å²) < 4.78 is 0. The lowest BCUT2D eigenvalue weighted by atomic mass is 9.94. The molecule has 4 heteroatoms. The van der Waals surface area contributed by atoms with Gasteiger partial charge in [-0.15, -0.1) is 0 Å². The predicted octanol–water partition coefficient (Wildman–Crippen LogP) is 3.92. The summed E-state index contributed by atoms with van der Waals surface area (Å²) in [6.45, 7) is 0. The second-order valence-electron chi connectivity index (χ2n) is 6.18. The molecular formula is C19H21ClN2O. The van der Waals surface area contributed by atoms with E-state index in [-0.39, 0.29) is 11.9 Å². The summed E-state index contributed by atoms with van der Waals surface area (Å²) in [7, 11) is 0. The molecule has 3 nitrogen and oxygen atoms in total. The fourth-order valence-corrected chi connectivity index (χ4v) is 3.45. The molecule has 0 aliphatic heterocycles. The quantitative estimate of drug-likeness (QED) is 0.836. The topological polar surface area (TPSA) is 55.1 Å². The molecule has 3 N–H and O–H groups in total. The largest absolute Gasteiger partial charge is 0.399 e. The van der Waals surface area contributed by atoms with E-state index >= 15 is 0 Å². The zero-order valence-electron chi connectivity index (χ0n) is 13.0. The van der Waals surface area contributed by atoms with Crippen LogP contribution in [-0.2, 0) is 11.2 Å². The average Bonchev–Trinajstić information content (AvgIpc) is 2.98. The maximum Gasteiger partial charge on any atom is 0.224 e. The lowest BCUT2D eigenvalue weighted by Crippen LogP contribution is -2.37. The molecule has 1 amide bonds. The number of hydrogen-bond donors (Lipinski definition) is 2. The predicted molar refractivity (Wildman–Crippen MR) is 94.5 cm³/mol. The van der Waals surface area contributed by atoms with Crippen LogP contribution in [0.4, 0.5) is 5.69 Å². The minimum atomic E-state index is 0.0700. The van der Waals surface area contributed by atoms with E-state index in [1.165, 1.54) is 5.56 Å². The molecule has 0 unspecified atom stereocenters. The van der Waals surface area contributed by atoms with Gasteiger partial charge < -0.3 is 11.1 Å². The van der Waals surface area contributed by atoms with Crippen LogP contribution in [-0.4, -0.2) is 11.9 Å². The molecule has 1 fully saturated rings. The number of halogens is 1. The lowest BCUT2D eigenvalue weighted by Gasteiger charge is -2.21. The highest BCUT2D eigenvalue weighted by atomic mass is 35.5. The third-order valence-electron chi connectivity index (χ3n) is 4.50. The molecule has 120 valence electrons. The van der Waals surface area contributed by atoms with Gasteiger partial charge in [0.25, 0.3) is 0 Å². The number of nitrogen functional groups attached to an aromatic ring is 1. The standard InChI is InChI=1S/C19H21ClN2O/c20-15-8-6-14(7-9-15)17-2-1-3-18(17)22-19(23)12-13-4-10-16(21)11-5-13/h4-11,17-18H,1-3,12,21H2,(H,22,23)/t17-,18+/m1/s1. The second-order valence-corrected chi connectivity index (χ2v) is 6.62. The zero-order valence-corrected chi connectivity index (χ0v) is 13.7. The van der Waals surface area contributed by atoms with Crippen molar-refractivity contribution in [2.24, 2.45) is 0 Å². The molecule has 1 aliphatic rings. The molecule has 3 rings (SSSR count). The maximum atomic E-state index is 12.3. The molecule has 1 aliphatic carbocycles. The van der Waals surface area contributed by atoms with E-state index in [0.717, 1.165) is 29.8 Å². The van der Waals surface area contributed by atoms with E-state index in [2.05, 4.69) is 17.4 Å². The highest BCUT2D eigenvalue weighted by molar-refractivity contribution is 6.30. The number of anilines is 1. The van der Waals surface area contributed by atoms with Crippen LogP contribution in [0, 0.1) is 0 Å². The number of nitrogens with one attached hydrogen (secondary N) is 1. The Morgan fingerprint density at radius 2 is 1.78 bits per heavy atom. The van der Waals surface area contributed by atoms with Gasteiger partial charge in [0.05, 0.1) is 6.42 Å². The molecule has 23 heavy (non-hydrogen) atoms. The summed E-state index contributed by atoms with van der Waals surface area (Å²) in [6, 6.07) is 15.6. The van der Waals surface area contributed by atoms with E-state index in [0.29, 0.717) is 18.0 Å². The van der Waals surface area contributed by atoms with Gasteiger partial charge in [0.2, 0.25) is 5.91 Å². The van der Waals surface area contributed by atoms with Crippen molar-refractivity contribution >= 4 is 23.2 Å². The van der Waals surface area contributed by atoms with Crippen LogP contribution >= 0.6 is 11.6 Å². The zero-order chi connectivity index (χ0) is 16.2. The first kappa shape index (κ1) is 15.9. The second kappa shape index (κ2) is 7.05.